The van der Waals surface area contributed by atoms with Crippen molar-refractivity contribution in [3.05, 3.63) is 36.7 Å². The summed E-state index contributed by atoms with van der Waals surface area (Å²) in [5, 5.41) is 6.88. The lowest BCUT2D eigenvalue weighted by molar-refractivity contribution is -0.118. The zero-order valence-corrected chi connectivity index (χ0v) is 12.2. The Kier molecular flexibility index (Phi) is 5.20. The summed E-state index contributed by atoms with van der Waals surface area (Å²) >= 11 is 0. The van der Waals surface area contributed by atoms with Crippen LogP contribution in [0.3, 0.4) is 0 Å². The molecule has 0 radical (unpaired) electrons. The lowest BCUT2D eigenvalue weighted by Gasteiger charge is -2.07. The van der Waals surface area contributed by atoms with Crippen LogP contribution in [0.4, 0.5) is 5.69 Å². The number of aromatic nitrogens is 2. The van der Waals surface area contributed by atoms with Crippen LogP contribution < -0.4 is 14.8 Å². The fraction of sp³-hybridized carbons (Fsp3) is 0.333. The predicted octanol–water partition coefficient (Wildman–Crippen LogP) is 2.32. The van der Waals surface area contributed by atoms with E-state index in [1.807, 2.05) is 12.1 Å². The van der Waals surface area contributed by atoms with Gasteiger partial charge in [0.25, 0.3) is 5.91 Å². The van der Waals surface area contributed by atoms with E-state index in [-0.39, 0.29) is 12.5 Å². The second kappa shape index (κ2) is 7.33. The standard InChI is InChI=1S/C15H19N3O3/c1-3-7-18-10-14(9-16-18)21-11-15(19)17-12-5-4-6-13(8-12)20-2/h4-6,8-10H,3,7,11H2,1-2H3,(H,17,19). The van der Waals surface area contributed by atoms with Crippen LogP contribution in [0, 0.1) is 0 Å². The van der Waals surface area contributed by atoms with Crippen molar-refractivity contribution >= 4 is 11.6 Å². The van der Waals surface area contributed by atoms with Gasteiger partial charge in [0.15, 0.2) is 12.4 Å². The summed E-state index contributed by atoms with van der Waals surface area (Å²) in [4.78, 5) is 11.8. The van der Waals surface area contributed by atoms with Crippen molar-refractivity contribution in [1.29, 1.82) is 0 Å². The Hall–Kier alpha value is -2.50. The number of hydrogen-bond acceptors (Lipinski definition) is 4. The Balaban J connectivity index is 1.83. The smallest absolute Gasteiger partial charge is 0.262 e. The number of ether oxygens (including phenoxy) is 2. The molecule has 1 aromatic heterocycles. The summed E-state index contributed by atoms with van der Waals surface area (Å²) in [5.41, 5.74) is 0.671. The average molecular weight is 289 g/mol. The fourth-order valence-corrected chi connectivity index (χ4v) is 1.82. The molecule has 0 aliphatic rings. The summed E-state index contributed by atoms with van der Waals surface area (Å²) in [7, 11) is 1.58. The first-order valence-electron chi connectivity index (χ1n) is 6.80. The van der Waals surface area contributed by atoms with Crippen molar-refractivity contribution in [3.63, 3.8) is 0 Å². The number of carbonyl (C=O) groups excluding carboxylic acids is 1. The third-order valence-electron chi connectivity index (χ3n) is 2.79. The molecule has 0 saturated carbocycles. The van der Waals surface area contributed by atoms with Gasteiger partial charge >= 0.3 is 0 Å². The molecule has 21 heavy (non-hydrogen) atoms. The molecule has 1 N–H and O–H groups in total. The SMILES string of the molecule is CCCn1cc(OCC(=O)Nc2cccc(OC)c2)cn1. The lowest BCUT2D eigenvalue weighted by Crippen LogP contribution is -2.20. The van der Waals surface area contributed by atoms with Crippen LogP contribution in [0.15, 0.2) is 36.7 Å². The highest BCUT2D eigenvalue weighted by atomic mass is 16.5. The van der Waals surface area contributed by atoms with Crippen molar-refractivity contribution in [3.8, 4) is 11.5 Å². The molecule has 6 nitrogen and oxygen atoms in total. The van der Waals surface area contributed by atoms with E-state index in [9.17, 15) is 4.79 Å². The third-order valence-corrected chi connectivity index (χ3v) is 2.79. The molecular weight excluding hydrogens is 270 g/mol. The summed E-state index contributed by atoms with van der Waals surface area (Å²) < 4.78 is 12.3. The average Bonchev–Trinajstić information content (AvgIpc) is 2.93. The molecule has 0 unspecified atom stereocenters. The van der Waals surface area contributed by atoms with E-state index >= 15 is 0 Å². The first-order chi connectivity index (χ1) is 10.2. The molecule has 0 saturated heterocycles. The van der Waals surface area contributed by atoms with Gasteiger partial charge in [-0.05, 0) is 18.6 Å². The number of anilines is 1. The van der Waals surface area contributed by atoms with Crippen LogP contribution in [0.1, 0.15) is 13.3 Å². The number of nitrogens with one attached hydrogen (secondary N) is 1. The minimum absolute atomic E-state index is 0.0605. The van der Waals surface area contributed by atoms with Crippen molar-refractivity contribution in [2.45, 2.75) is 19.9 Å². The summed E-state index contributed by atoms with van der Waals surface area (Å²) in [6, 6.07) is 7.16. The van der Waals surface area contributed by atoms with Gasteiger partial charge in [0.05, 0.1) is 19.5 Å². The largest absolute Gasteiger partial charge is 0.497 e. The normalized spacial score (nSPS) is 10.2. The zero-order valence-electron chi connectivity index (χ0n) is 12.2. The highest BCUT2D eigenvalue weighted by Gasteiger charge is 2.06. The van der Waals surface area contributed by atoms with E-state index in [2.05, 4.69) is 17.3 Å². The van der Waals surface area contributed by atoms with Gasteiger partial charge in [0, 0.05) is 18.3 Å². The molecule has 0 bridgehead atoms. The molecule has 1 amide bonds. The number of aryl methyl sites for hydroxylation is 1. The van der Waals surface area contributed by atoms with Crippen LogP contribution in [-0.2, 0) is 11.3 Å². The zero-order chi connectivity index (χ0) is 15.1. The molecule has 1 aromatic carbocycles. The van der Waals surface area contributed by atoms with Gasteiger partial charge in [-0.3, -0.25) is 9.48 Å². The first-order valence-corrected chi connectivity index (χ1v) is 6.80. The lowest BCUT2D eigenvalue weighted by atomic mass is 10.3. The van der Waals surface area contributed by atoms with Crippen molar-refractivity contribution in [1.82, 2.24) is 9.78 Å². The van der Waals surface area contributed by atoms with Crippen LogP contribution in [-0.4, -0.2) is 29.4 Å². The molecule has 0 fully saturated rings. The van der Waals surface area contributed by atoms with E-state index in [1.165, 1.54) is 0 Å². The number of amides is 1. The molecule has 0 aliphatic carbocycles. The maximum absolute atomic E-state index is 11.8. The van der Waals surface area contributed by atoms with Gasteiger partial charge in [-0.2, -0.15) is 5.10 Å². The van der Waals surface area contributed by atoms with Crippen molar-refractivity contribution < 1.29 is 14.3 Å². The topological polar surface area (TPSA) is 65.4 Å². The molecule has 112 valence electrons. The minimum Gasteiger partial charge on any atom is -0.497 e. The Labute approximate surface area is 123 Å². The number of methoxy groups -OCH3 is 1. The van der Waals surface area contributed by atoms with E-state index in [1.54, 1.807) is 36.3 Å². The first kappa shape index (κ1) is 14.9. The number of nitrogens with zero attached hydrogens (tertiary/aromatic N) is 2. The van der Waals surface area contributed by atoms with Crippen LogP contribution in [0.25, 0.3) is 0 Å². The maximum Gasteiger partial charge on any atom is 0.262 e. The highest BCUT2D eigenvalue weighted by Crippen LogP contribution is 2.16. The number of carbonyl (C=O) groups is 1. The van der Waals surface area contributed by atoms with E-state index < -0.39 is 0 Å². The van der Waals surface area contributed by atoms with Gasteiger partial charge < -0.3 is 14.8 Å². The van der Waals surface area contributed by atoms with Crippen LogP contribution >= 0.6 is 0 Å². The molecule has 0 aliphatic heterocycles. The van der Waals surface area contributed by atoms with Gasteiger partial charge in [-0.25, -0.2) is 0 Å². The highest BCUT2D eigenvalue weighted by molar-refractivity contribution is 5.92. The number of benzene rings is 1. The van der Waals surface area contributed by atoms with E-state index in [4.69, 9.17) is 9.47 Å². The Bertz CT molecular complexity index is 595. The van der Waals surface area contributed by atoms with Crippen LogP contribution in [0.5, 0.6) is 11.5 Å². The predicted molar refractivity (Wildman–Crippen MR) is 79.6 cm³/mol. The van der Waals surface area contributed by atoms with Crippen molar-refractivity contribution in [2.75, 3.05) is 19.0 Å². The fourth-order valence-electron chi connectivity index (χ4n) is 1.82. The summed E-state index contributed by atoms with van der Waals surface area (Å²) in [6.07, 6.45) is 4.38. The molecule has 1 heterocycles. The van der Waals surface area contributed by atoms with Gasteiger partial charge in [-0.1, -0.05) is 13.0 Å². The number of rotatable bonds is 7. The van der Waals surface area contributed by atoms with Gasteiger partial charge in [0.2, 0.25) is 0 Å². The van der Waals surface area contributed by atoms with E-state index in [0.717, 1.165) is 13.0 Å². The Morgan fingerprint density at radius 2 is 2.24 bits per heavy atom. The second-order valence-electron chi connectivity index (χ2n) is 4.51. The molecule has 0 spiro atoms. The Morgan fingerprint density at radius 1 is 1.38 bits per heavy atom. The van der Waals surface area contributed by atoms with Gasteiger partial charge in [-0.15, -0.1) is 0 Å². The Morgan fingerprint density at radius 3 is 3.00 bits per heavy atom. The molecule has 0 atom stereocenters. The molecular formula is C15H19N3O3. The molecule has 2 aromatic rings. The van der Waals surface area contributed by atoms with Crippen LogP contribution in [0.2, 0.25) is 0 Å². The summed E-state index contributed by atoms with van der Waals surface area (Å²) in [6.45, 7) is 2.85. The second-order valence-corrected chi connectivity index (χ2v) is 4.51. The molecule has 6 heteroatoms. The third kappa shape index (κ3) is 4.52. The van der Waals surface area contributed by atoms with Crippen molar-refractivity contribution in [2.24, 2.45) is 0 Å². The monoisotopic (exact) mass is 289 g/mol. The molecule has 2 rings (SSSR count). The summed E-state index contributed by atoms with van der Waals surface area (Å²) in [5.74, 6) is 1.05. The van der Waals surface area contributed by atoms with E-state index in [0.29, 0.717) is 17.2 Å². The quantitative estimate of drug-likeness (QED) is 0.849. The van der Waals surface area contributed by atoms with Gasteiger partial charge in [0.1, 0.15) is 5.75 Å². The maximum atomic E-state index is 11.8. The number of hydrogen-bond donors (Lipinski definition) is 1. The minimum atomic E-state index is -0.230.